The van der Waals surface area contributed by atoms with Crippen LogP contribution in [0.2, 0.25) is 0 Å². The number of hydrogen-bond acceptors (Lipinski definition) is 4. The third kappa shape index (κ3) is 3.54. The van der Waals surface area contributed by atoms with Crippen LogP contribution >= 0.6 is 0 Å². The average molecular weight is 420 g/mol. The van der Waals surface area contributed by atoms with Gasteiger partial charge < -0.3 is 5.11 Å². The number of nitrogens with zero attached hydrogens (tertiary/aromatic N) is 3. The second-order valence-corrected chi connectivity index (χ2v) is 7.65. The summed E-state index contributed by atoms with van der Waals surface area (Å²) in [6, 6.07) is 10.4. The minimum Gasteiger partial charge on any atom is -0.346 e. The van der Waals surface area contributed by atoms with Gasteiger partial charge in [-0.2, -0.15) is 18.1 Å². The highest BCUT2D eigenvalue weighted by atomic mass is 19.4. The second kappa shape index (κ2) is 7.39. The van der Waals surface area contributed by atoms with Crippen LogP contribution in [0.4, 0.5) is 24.5 Å². The van der Waals surface area contributed by atoms with Crippen LogP contribution in [0, 0.1) is 10.1 Å². The Kier molecular flexibility index (Phi) is 5.01. The van der Waals surface area contributed by atoms with Crippen LogP contribution in [0.1, 0.15) is 36.8 Å². The number of rotatable bonds is 3. The number of non-ortho nitro benzene ring substituents is 1. The molecule has 0 spiro atoms. The molecule has 30 heavy (non-hydrogen) atoms. The van der Waals surface area contributed by atoms with Gasteiger partial charge in [0.1, 0.15) is 5.69 Å². The summed E-state index contributed by atoms with van der Waals surface area (Å²) in [5, 5.41) is 22.7. The third-order valence-corrected chi connectivity index (χ3v) is 5.70. The Balaban J connectivity index is 1.83. The molecule has 2 aromatic carbocycles. The van der Waals surface area contributed by atoms with E-state index in [4.69, 9.17) is 0 Å². The molecule has 2 heterocycles. The van der Waals surface area contributed by atoms with Crippen molar-refractivity contribution in [2.75, 3.05) is 18.0 Å². The van der Waals surface area contributed by atoms with Crippen molar-refractivity contribution in [1.29, 1.82) is 0 Å². The van der Waals surface area contributed by atoms with E-state index >= 15 is 0 Å². The molecule has 4 rings (SSSR count). The highest BCUT2D eigenvalue weighted by Crippen LogP contribution is 2.40. The second-order valence-electron chi connectivity index (χ2n) is 7.65. The Bertz CT molecular complexity index is 1000. The van der Waals surface area contributed by atoms with E-state index in [1.807, 2.05) is 4.58 Å². The fourth-order valence-corrected chi connectivity index (χ4v) is 4.28. The molecule has 0 bridgehead atoms. The first-order chi connectivity index (χ1) is 14.2. The normalized spacial score (nSPS) is 22.1. The van der Waals surface area contributed by atoms with Crippen LogP contribution in [-0.2, 0) is 11.9 Å². The van der Waals surface area contributed by atoms with E-state index in [9.17, 15) is 28.4 Å². The first-order valence-corrected chi connectivity index (χ1v) is 9.76. The zero-order valence-electron chi connectivity index (χ0n) is 16.1. The highest BCUT2D eigenvalue weighted by molar-refractivity contribution is 5.97. The standard InChI is InChI=1S/C21H21F3N3O3/c22-21(23,24)16-5-4-6-18(13-16)26-19-7-2-1-3-12-25(19)14-20(26,28)15-8-10-17(11-9-15)27(29)30/h4-6,8-11,13,28H,1-3,7,12,14H2/q+1/t20-/m0/s1. The minimum atomic E-state index is -4.50. The maximum Gasteiger partial charge on any atom is 0.416 e. The van der Waals surface area contributed by atoms with Gasteiger partial charge in [-0.25, -0.2) is 0 Å². The van der Waals surface area contributed by atoms with Crippen molar-refractivity contribution in [3.05, 3.63) is 69.8 Å². The average Bonchev–Trinajstić information content (AvgIpc) is 2.83. The monoisotopic (exact) mass is 420 g/mol. The number of anilines is 1. The van der Waals surface area contributed by atoms with E-state index in [1.165, 1.54) is 30.3 Å². The van der Waals surface area contributed by atoms with E-state index in [2.05, 4.69) is 0 Å². The largest absolute Gasteiger partial charge is 0.416 e. The number of hydrogen-bond donors (Lipinski definition) is 1. The maximum absolute atomic E-state index is 13.3. The van der Waals surface area contributed by atoms with Gasteiger partial charge in [0.15, 0.2) is 6.54 Å². The summed E-state index contributed by atoms with van der Waals surface area (Å²) in [6.07, 6.45) is -1.07. The molecule has 9 heteroatoms. The van der Waals surface area contributed by atoms with Crippen molar-refractivity contribution in [3.63, 3.8) is 0 Å². The van der Waals surface area contributed by atoms with E-state index in [-0.39, 0.29) is 17.9 Å². The lowest BCUT2D eigenvalue weighted by molar-refractivity contribution is -0.534. The number of nitro benzene ring substituents is 1. The number of amidine groups is 1. The fourth-order valence-electron chi connectivity index (χ4n) is 4.28. The SMILES string of the molecule is O=[N+]([O-])c1ccc([C@@]2(O)C[N+]3=C(CCCCC3)N2c2cccc(C(F)(F)F)c2)cc1. The number of aliphatic hydroxyl groups is 1. The minimum absolute atomic E-state index is 0.117. The van der Waals surface area contributed by atoms with Gasteiger partial charge in [0.25, 0.3) is 17.2 Å². The summed E-state index contributed by atoms with van der Waals surface area (Å²) in [4.78, 5) is 12.0. The van der Waals surface area contributed by atoms with Gasteiger partial charge in [-0.05, 0) is 49.6 Å². The van der Waals surface area contributed by atoms with Crippen molar-refractivity contribution in [1.82, 2.24) is 0 Å². The Morgan fingerprint density at radius 1 is 1.10 bits per heavy atom. The number of benzene rings is 2. The molecule has 6 nitrogen and oxygen atoms in total. The molecule has 2 aliphatic rings. The molecule has 0 aromatic heterocycles. The van der Waals surface area contributed by atoms with Crippen LogP contribution in [0.25, 0.3) is 0 Å². The summed E-state index contributed by atoms with van der Waals surface area (Å²) in [5.74, 6) is 0.771. The lowest BCUT2D eigenvalue weighted by Gasteiger charge is -2.29. The molecule has 0 aliphatic carbocycles. The molecule has 0 amide bonds. The van der Waals surface area contributed by atoms with Gasteiger partial charge >= 0.3 is 6.18 Å². The van der Waals surface area contributed by atoms with Crippen molar-refractivity contribution in [2.24, 2.45) is 0 Å². The molecule has 1 N–H and O–H groups in total. The summed E-state index contributed by atoms with van der Waals surface area (Å²) in [7, 11) is 0. The lowest BCUT2D eigenvalue weighted by atomic mass is 9.99. The first kappa shape index (κ1) is 20.3. The van der Waals surface area contributed by atoms with Crippen molar-refractivity contribution < 1.29 is 27.8 Å². The quantitative estimate of drug-likeness (QED) is 0.458. The molecular formula is C21H21F3N3O3+. The Hall–Kier alpha value is -2.94. The highest BCUT2D eigenvalue weighted by Gasteiger charge is 2.54. The molecular weight excluding hydrogens is 399 g/mol. The zero-order valence-corrected chi connectivity index (χ0v) is 16.1. The van der Waals surface area contributed by atoms with Gasteiger partial charge in [-0.15, -0.1) is 0 Å². The molecule has 0 fully saturated rings. The summed E-state index contributed by atoms with van der Waals surface area (Å²) < 4.78 is 42.0. The van der Waals surface area contributed by atoms with Gasteiger partial charge in [0.2, 0.25) is 0 Å². The fraction of sp³-hybridized carbons (Fsp3) is 0.381. The summed E-state index contributed by atoms with van der Waals surface area (Å²) in [6.45, 7) is 0.872. The van der Waals surface area contributed by atoms with Gasteiger partial charge in [-0.1, -0.05) is 6.07 Å². The molecule has 2 aromatic rings. The smallest absolute Gasteiger partial charge is 0.346 e. The van der Waals surface area contributed by atoms with Crippen LogP contribution in [0.5, 0.6) is 0 Å². The third-order valence-electron chi connectivity index (χ3n) is 5.70. The van der Waals surface area contributed by atoms with Crippen molar-refractivity contribution in [2.45, 2.75) is 37.6 Å². The van der Waals surface area contributed by atoms with E-state index < -0.39 is 22.4 Å². The van der Waals surface area contributed by atoms with Gasteiger partial charge in [0.05, 0.1) is 17.0 Å². The maximum atomic E-state index is 13.3. The van der Waals surface area contributed by atoms with Gasteiger partial charge in [-0.3, -0.25) is 14.7 Å². The Labute approximate surface area is 171 Å². The van der Waals surface area contributed by atoms with Crippen LogP contribution in [0.3, 0.4) is 0 Å². The predicted octanol–water partition coefficient (Wildman–Crippen LogP) is 4.26. The molecule has 0 unspecified atom stereocenters. The summed E-state index contributed by atoms with van der Waals surface area (Å²) >= 11 is 0. The molecule has 0 radical (unpaired) electrons. The molecule has 158 valence electrons. The van der Waals surface area contributed by atoms with E-state index in [1.54, 1.807) is 11.0 Å². The topological polar surface area (TPSA) is 69.6 Å². The van der Waals surface area contributed by atoms with E-state index in [0.29, 0.717) is 18.5 Å². The molecule has 1 atom stereocenters. The van der Waals surface area contributed by atoms with Crippen LogP contribution in [-0.4, -0.2) is 33.5 Å². The predicted molar refractivity (Wildman–Crippen MR) is 104 cm³/mol. The number of halogens is 3. The lowest BCUT2D eigenvalue weighted by Crippen LogP contribution is -2.47. The van der Waals surface area contributed by atoms with Gasteiger partial charge in [0, 0.05) is 24.1 Å². The Morgan fingerprint density at radius 2 is 1.83 bits per heavy atom. The number of nitro groups is 1. The molecule has 0 saturated carbocycles. The Morgan fingerprint density at radius 3 is 2.50 bits per heavy atom. The van der Waals surface area contributed by atoms with E-state index in [0.717, 1.165) is 37.2 Å². The zero-order chi connectivity index (χ0) is 21.5. The number of alkyl halides is 3. The summed E-state index contributed by atoms with van der Waals surface area (Å²) in [5.41, 5.74) is -1.91. The van der Waals surface area contributed by atoms with Crippen molar-refractivity contribution in [3.8, 4) is 0 Å². The van der Waals surface area contributed by atoms with Crippen LogP contribution < -0.4 is 4.90 Å². The first-order valence-electron chi connectivity index (χ1n) is 9.76. The van der Waals surface area contributed by atoms with Crippen LogP contribution in [0.15, 0.2) is 48.5 Å². The molecule has 0 saturated heterocycles. The molecule has 2 aliphatic heterocycles. The van der Waals surface area contributed by atoms with Crippen molar-refractivity contribution >= 4 is 17.2 Å².